The number of rotatable bonds is 3. The number of fused-ring (bicyclic) bond motifs is 1. The zero-order chi connectivity index (χ0) is 21.5. The van der Waals surface area contributed by atoms with E-state index in [1.54, 1.807) is 0 Å². The van der Waals surface area contributed by atoms with Crippen molar-refractivity contribution >= 4 is 11.8 Å². The highest BCUT2D eigenvalue weighted by Crippen LogP contribution is 2.36. The quantitative estimate of drug-likeness (QED) is 0.840. The minimum absolute atomic E-state index is 0.0322. The number of amides is 2. The average molecular weight is 412 g/mol. The number of hydrogen-bond acceptors (Lipinski definition) is 5. The molecule has 0 spiro atoms. The van der Waals surface area contributed by atoms with Gasteiger partial charge in [0, 0.05) is 50.5 Å². The second-order valence-electron chi connectivity index (χ2n) is 9.53. The molecule has 4 rings (SSSR count). The van der Waals surface area contributed by atoms with Gasteiger partial charge in [-0.1, -0.05) is 0 Å². The summed E-state index contributed by atoms with van der Waals surface area (Å²) in [6, 6.07) is 2.40. The van der Waals surface area contributed by atoms with Crippen LogP contribution in [0.15, 0.2) is 12.3 Å². The van der Waals surface area contributed by atoms with Crippen molar-refractivity contribution in [3.05, 3.63) is 23.4 Å². The highest BCUT2D eigenvalue weighted by molar-refractivity contribution is 5.75. The summed E-state index contributed by atoms with van der Waals surface area (Å²) in [4.78, 5) is 16.7. The number of likely N-dealkylation sites (tertiary alicyclic amines) is 1. The van der Waals surface area contributed by atoms with Crippen molar-refractivity contribution in [3.8, 4) is 11.4 Å². The van der Waals surface area contributed by atoms with Gasteiger partial charge in [-0.05, 0) is 64.5 Å². The molecule has 0 unspecified atom stereocenters. The molecule has 8 heteroatoms. The Kier molecular flexibility index (Phi) is 5.42. The van der Waals surface area contributed by atoms with Crippen LogP contribution >= 0.6 is 0 Å². The molecule has 3 heterocycles. The third-order valence-corrected chi connectivity index (χ3v) is 6.20. The Morgan fingerprint density at radius 1 is 1.17 bits per heavy atom. The van der Waals surface area contributed by atoms with Crippen LogP contribution in [0, 0.1) is 0 Å². The molecular formula is C22H33N7O. The molecule has 0 bridgehead atoms. The number of anilines is 1. The van der Waals surface area contributed by atoms with Crippen molar-refractivity contribution in [2.75, 3.05) is 25.0 Å². The zero-order valence-corrected chi connectivity index (χ0v) is 18.8. The largest absolute Gasteiger partial charge is 0.355 e. The molecule has 1 N–H and O–H groups in total. The van der Waals surface area contributed by atoms with Crippen LogP contribution in [0.2, 0.25) is 0 Å². The van der Waals surface area contributed by atoms with Gasteiger partial charge in [-0.2, -0.15) is 5.10 Å². The smallest absolute Gasteiger partial charge is 0.317 e. The van der Waals surface area contributed by atoms with Crippen LogP contribution in [0.1, 0.15) is 51.2 Å². The number of urea groups is 1. The standard InChI is InChI=1S/C22H33N7O/c1-22(2,3)24-21(30)29-13-10-15(11-14-29)27(4)20-17-8-6-7-16(17)19(25-26-20)18-9-12-23-28(18)5/h9,12,15H,6-8,10-11,13-14H2,1-5H3,(H,24,30). The van der Waals surface area contributed by atoms with Gasteiger partial charge in [0.05, 0.1) is 5.69 Å². The number of nitrogens with zero attached hydrogens (tertiary/aromatic N) is 6. The summed E-state index contributed by atoms with van der Waals surface area (Å²) < 4.78 is 1.87. The third kappa shape index (κ3) is 4.00. The summed E-state index contributed by atoms with van der Waals surface area (Å²) in [5, 5.41) is 16.7. The molecule has 0 radical (unpaired) electrons. The molecular weight excluding hydrogens is 378 g/mol. The molecule has 1 aliphatic heterocycles. The van der Waals surface area contributed by atoms with Crippen molar-refractivity contribution in [1.82, 2.24) is 30.2 Å². The lowest BCUT2D eigenvalue weighted by atomic mass is 10.0. The van der Waals surface area contributed by atoms with Crippen LogP contribution < -0.4 is 10.2 Å². The Bertz CT molecular complexity index is 922. The normalized spacial score (nSPS) is 17.2. The summed E-state index contributed by atoms with van der Waals surface area (Å²) in [5.74, 6) is 1.01. The number of carbonyl (C=O) groups is 1. The van der Waals surface area contributed by atoms with Gasteiger partial charge in [-0.25, -0.2) is 4.79 Å². The van der Waals surface area contributed by atoms with E-state index < -0.39 is 0 Å². The van der Waals surface area contributed by atoms with E-state index >= 15 is 0 Å². The monoisotopic (exact) mass is 411 g/mol. The molecule has 2 aromatic rings. The number of aromatic nitrogens is 4. The highest BCUT2D eigenvalue weighted by atomic mass is 16.2. The van der Waals surface area contributed by atoms with Gasteiger partial charge < -0.3 is 15.1 Å². The molecule has 30 heavy (non-hydrogen) atoms. The molecule has 1 aliphatic carbocycles. The number of hydrogen-bond donors (Lipinski definition) is 1. The van der Waals surface area contributed by atoms with Gasteiger partial charge in [0.1, 0.15) is 5.69 Å². The van der Waals surface area contributed by atoms with Crippen LogP contribution in [0.4, 0.5) is 10.6 Å². The van der Waals surface area contributed by atoms with Gasteiger partial charge in [0.15, 0.2) is 5.82 Å². The van der Waals surface area contributed by atoms with Crippen LogP contribution in [0.5, 0.6) is 0 Å². The number of nitrogens with one attached hydrogen (secondary N) is 1. The molecule has 8 nitrogen and oxygen atoms in total. The summed E-state index contributed by atoms with van der Waals surface area (Å²) in [7, 11) is 4.07. The summed E-state index contributed by atoms with van der Waals surface area (Å²) in [5.41, 5.74) is 4.42. The molecule has 1 fully saturated rings. The summed E-state index contributed by atoms with van der Waals surface area (Å²) in [6.07, 6.45) is 6.91. The van der Waals surface area contributed by atoms with Crippen LogP contribution in [-0.2, 0) is 19.9 Å². The molecule has 0 aromatic carbocycles. The molecule has 0 saturated carbocycles. The molecule has 0 atom stereocenters. The van der Waals surface area contributed by atoms with Gasteiger partial charge >= 0.3 is 6.03 Å². The Morgan fingerprint density at radius 3 is 2.50 bits per heavy atom. The fourth-order valence-corrected chi connectivity index (χ4v) is 4.59. The Hall–Kier alpha value is -2.64. The lowest BCUT2D eigenvalue weighted by Crippen LogP contribution is -2.53. The molecule has 2 amide bonds. The van der Waals surface area contributed by atoms with Crippen LogP contribution in [-0.4, -0.2) is 62.6 Å². The minimum Gasteiger partial charge on any atom is -0.355 e. The second kappa shape index (κ2) is 7.89. The van der Waals surface area contributed by atoms with E-state index in [1.165, 1.54) is 11.1 Å². The van der Waals surface area contributed by atoms with E-state index in [0.29, 0.717) is 6.04 Å². The second-order valence-corrected chi connectivity index (χ2v) is 9.53. The van der Waals surface area contributed by atoms with E-state index in [1.807, 2.05) is 49.7 Å². The zero-order valence-electron chi connectivity index (χ0n) is 18.8. The highest BCUT2D eigenvalue weighted by Gasteiger charge is 2.31. The fraction of sp³-hybridized carbons (Fsp3) is 0.636. The predicted molar refractivity (Wildman–Crippen MR) is 118 cm³/mol. The first-order valence-corrected chi connectivity index (χ1v) is 10.9. The van der Waals surface area contributed by atoms with E-state index in [-0.39, 0.29) is 11.6 Å². The van der Waals surface area contributed by atoms with E-state index in [2.05, 4.69) is 32.6 Å². The van der Waals surface area contributed by atoms with E-state index in [9.17, 15) is 4.79 Å². The van der Waals surface area contributed by atoms with Crippen molar-refractivity contribution in [2.45, 2.75) is 64.5 Å². The summed E-state index contributed by atoms with van der Waals surface area (Å²) in [6.45, 7) is 7.57. The first-order chi connectivity index (χ1) is 14.2. The maximum absolute atomic E-state index is 12.5. The first kappa shape index (κ1) is 20.6. The summed E-state index contributed by atoms with van der Waals surface area (Å²) >= 11 is 0. The van der Waals surface area contributed by atoms with Crippen molar-refractivity contribution in [1.29, 1.82) is 0 Å². The van der Waals surface area contributed by atoms with Crippen molar-refractivity contribution in [2.24, 2.45) is 7.05 Å². The Morgan fingerprint density at radius 2 is 1.87 bits per heavy atom. The van der Waals surface area contributed by atoms with Crippen molar-refractivity contribution < 1.29 is 4.79 Å². The number of carbonyl (C=O) groups excluding carboxylic acids is 1. The predicted octanol–water partition coefficient (Wildman–Crippen LogP) is 2.77. The van der Waals surface area contributed by atoms with Gasteiger partial charge in [-0.3, -0.25) is 4.68 Å². The van der Waals surface area contributed by atoms with Gasteiger partial charge in [-0.15, -0.1) is 10.2 Å². The van der Waals surface area contributed by atoms with E-state index in [4.69, 9.17) is 0 Å². The Balaban J connectivity index is 1.49. The molecule has 2 aromatic heterocycles. The van der Waals surface area contributed by atoms with Crippen LogP contribution in [0.3, 0.4) is 0 Å². The van der Waals surface area contributed by atoms with E-state index in [0.717, 1.165) is 62.4 Å². The number of piperidine rings is 1. The SMILES string of the molecule is CN(c1nnc(-c2ccnn2C)c2c1CCC2)C1CCN(C(=O)NC(C)(C)C)CC1. The van der Waals surface area contributed by atoms with Gasteiger partial charge in [0.2, 0.25) is 0 Å². The van der Waals surface area contributed by atoms with Crippen molar-refractivity contribution in [3.63, 3.8) is 0 Å². The minimum atomic E-state index is -0.212. The fourth-order valence-electron chi connectivity index (χ4n) is 4.59. The van der Waals surface area contributed by atoms with Crippen LogP contribution in [0.25, 0.3) is 11.4 Å². The molecule has 2 aliphatic rings. The Labute approximate surface area is 178 Å². The molecule has 1 saturated heterocycles. The number of aryl methyl sites for hydroxylation is 1. The lowest BCUT2D eigenvalue weighted by molar-refractivity contribution is 0.172. The maximum Gasteiger partial charge on any atom is 0.317 e. The molecule has 162 valence electrons. The average Bonchev–Trinajstić information content (AvgIpc) is 3.35. The van der Waals surface area contributed by atoms with Gasteiger partial charge in [0.25, 0.3) is 0 Å². The first-order valence-electron chi connectivity index (χ1n) is 10.9. The lowest BCUT2D eigenvalue weighted by Gasteiger charge is -2.38. The maximum atomic E-state index is 12.5. The topological polar surface area (TPSA) is 79.2 Å². The third-order valence-electron chi connectivity index (χ3n) is 6.20.